The summed E-state index contributed by atoms with van der Waals surface area (Å²) in [6.45, 7) is 2.10. The fourth-order valence-electron chi connectivity index (χ4n) is 1.80. The number of carbonyl (C=O) groups is 1. The van der Waals surface area contributed by atoms with Crippen molar-refractivity contribution in [2.45, 2.75) is 6.92 Å². The van der Waals surface area contributed by atoms with Gasteiger partial charge >= 0.3 is 5.97 Å². The summed E-state index contributed by atoms with van der Waals surface area (Å²) in [6.07, 6.45) is 1.59. The minimum atomic E-state index is -0.417. The quantitative estimate of drug-likeness (QED) is 0.790. The van der Waals surface area contributed by atoms with Crippen molar-refractivity contribution in [2.24, 2.45) is 0 Å². The molecule has 0 aliphatic rings. The zero-order valence-electron chi connectivity index (χ0n) is 10.9. The Morgan fingerprint density at radius 2 is 2.05 bits per heavy atom. The first-order valence-electron chi connectivity index (χ1n) is 6.02. The molecule has 1 heterocycles. The largest absolute Gasteiger partial charge is 0.496 e. The van der Waals surface area contributed by atoms with Gasteiger partial charge in [-0.3, -0.25) is 0 Å². The van der Waals surface area contributed by atoms with E-state index in [-0.39, 0.29) is 0 Å². The van der Waals surface area contributed by atoms with E-state index in [1.54, 1.807) is 26.3 Å². The molecule has 2 aromatic rings. The molecule has 0 bridgehead atoms. The standard InChI is InChI=1S/C15H15NO3/c1-3-19-15(17)13-10-11(8-9-16-13)12-6-4-5-7-14(12)18-2/h4-10H,3H2,1-2H3. The van der Waals surface area contributed by atoms with Gasteiger partial charge in [0.25, 0.3) is 0 Å². The Morgan fingerprint density at radius 1 is 1.26 bits per heavy atom. The number of rotatable bonds is 4. The van der Waals surface area contributed by atoms with Crippen LogP contribution < -0.4 is 4.74 Å². The normalized spacial score (nSPS) is 10.0. The average molecular weight is 257 g/mol. The third kappa shape index (κ3) is 2.91. The number of benzene rings is 1. The van der Waals surface area contributed by atoms with Gasteiger partial charge in [0.15, 0.2) is 0 Å². The van der Waals surface area contributed by atoms with Gasteiger partial charge in [-0.05, 0) is 30.7 Å². The highest BCUT2D eigenvalue weighted by molar-refractivity contribution is 5.89. The summed E-state index contributed by atoms with van der Waals surface area (Å²) < 4.78 is 10.3. The number of para-hydroxylation sites is 1. The number of pyridine rings is 1. The van der Waals surface area contributed by atoms with E-state index in [2.05, 4.69) is 4.98 Å². The fourth-order valence-corrected chi connectivity index (χ4v) is 1.80. The van der Waals surface area contributed by atoms with E-state index in [1.165, 1.54) is 0 Å². The smallest absolute Gasteiger partial charge is 0.356 e. The van der Waals surface area contributed by atoms with Gasteiger partial charge in [-0.15, -0.1) is 0 Å². The second kappa shape index (κ2) is 6.00. The molecule has 0 aliphatic carbocycles. The van der Waals surface area contributed by atoms with Gasteiger partial charge in [-0.1, -0.05) is 18.2 Å². The van der Waals surface area contributed by atoms with Crippen molar-refractivity contribution in [2.75, 3.05) is 13.7 Å². The topological polar surface area (TPSA) is 48.4 Å². The maximum atomic E-state index is 11.7. The van der Waals surface area contributed by atoms with Crippen LogP contribution in [0, 0.1) is 0 Å². The average Bonchev–Trinajstić information content (AvgIpc) is 2.47. The van der Waals surface area contributed by atoms with Crippen LogP contribution in [0.15, 0.2) is 42.6 Å². The van der Waals surface area contributed by atoms with E-state index in [0.29, 0.717) is 12.3 Å². The third-order valence-corrected chi connectivity index (χ3v) is 2.66. The van der Waals surface area contributed by atoms with Gasteiger partial charge in [0.1, 0.15) is 11.4 Å². The van der Waals surface area contributed by atoms with Crippen molar-refractivity contribution in [3.63, 3.8) is 0 Å². The Balaban J connectivity index is 2.40. The SMILES string of the molecule is CCOC(=O)c1cc(-c2ccccc2OC)ccn1. The van der Waals surface area contributed by atoms with E-state index in [1.807, 2.05) is 30.3 Å². The molecule has 0 amide bonds. The molecular weight excluding hydrogens is 242 g/mol. The monoisotopic (exact) mass is 257 g/mol. The summed E-state index contributed by atoms with van der Waals surface area (Å²) in [4.78, 5) is 15.7. The predicted molar refractivity (Wildman–Crippen MR) is 72.2 cm³/mol. The van der Waals surface area contributed by atoms with Crippen LogP contribution in [0.1, 0.15) is 17.4 Å². The molecule has 98 valence electrons. The van der Waals surface area contributed by atoms with Crippen molar-refractivity contribution >= 4 is 5.97 Å². The molecule has 1 aromatic carbocycles. The Kier molecular flexibility index (Phi) is 4.13. The lowest BCUT2D eigenvalue weighted by atomic mass is 10.1. The lowest BCUT2D eigenvalue weighted by Gasteiger charge is -2.09. The maximum Gasteiger partial charge on any atom is 0.356 e. The summed E-state index contributed by atoms with van der Waals surface area (Å²) in [7, 11) is 1.62. The summed E-state index contributed by atoms with van der Waals surface area (Å²) >= 11 is 0. The molecule has 0 unspecified atom stereocenters. The van der Waals surface area contributed by atoms with E-state index in [9.17, 15) is 4.79 Å². The van der Waals surface area contributed by atoms with Gasteiger partial charge in [0.2, 0.25) is 0 Å². The van der Waals surface area contributed by atoms with Crippen LogP contribution in [0.5, 0.6) is 5.75 Å². The van der Waals surface area contributed by atoms with E-state index in [0.717, 1.165) is 16.9 Å². The van der Waals surface area contributed by atoms with Crippen LogP contribution in [-0.2, 0) is 4.74 Å². The lowest BCUT2D eigenvalue weighted by Crippen LogP contribution is -2.06. The van der Waals surface area contributed by atoms with Crippen molar-refractivity contribution in [3.8, 4) is 16.9 Å². The van der Waals surface area contributed by atoms with Crippen LogP contribution in [-0.4, -0.2) is 24.7 Å². The van der Waals surface area contributed by atoms with Gasteiger partial charge in [0.05, 0.1) is 13.7 Å². The fraction of sp³-hybridized carbons (Fsp3) is 0.200. The van der Waals surface area contributed by atoms with Crippen LogP contribution >= 0.6 is 0 Å². The molecule has 0 atom stereocenters. The molecule has 0 fully saturated rings. The van der Waals surface area contributed by atoms with Gasteiger partial charge in [-0.2, -0.15) is 0 Å². The second-order valence-corrected chi connectivity index (χ2v) is 3.85. The van der Waals surface area contributed by atoms with Gasteiger partial charge in [-0.25, -0.2) is 9.78 Å². The molecule has 4 heteroatoms. The number of methoxy groups -OCH3 is 1. The van der Waals surface area contributed by atoms with Crippen LogP contribution in [0.2, 0.25) is 0 Å². The molecule has 0 saturated carbocycles. The second-order valence-electron chi connectivity index (χ2n) is 3.85. The Bertz CT molecular complexity index is 581. The molecule has 0 radical (unpaired) electrons. The molecule has 0 saturated heterocycles. The number of carbonyl (C=O) groups excluding carboxylic acids is 1. The Morgan fingerprint density at radius 3 is 2.79 bits per heavy atom. The van der Waals surface area contributed by atoms with Crippen molar-refractivity contribution < 1.29 is 14.3 Å². The van der Waals surface area contributed by atoms with Gasteiger partial charge < -0.3 is 9.47 Å². The highest BCUT2D eigenvalue weighted by Crippen LogP contribution is 2.29. The zero-order chi connectivity index (χ0) is 13.7. The van der Waals surface area contributed by atoms with Crippen molar-refractivity contribution in [1.29, 1.82) is 0 Å². The summed E-state index contributed by atoms with van der Waals surface area (Å²) in [5, 5.41) is 0. The molecular formula is C15H15NO3. The molecule has 1 aromatic heterocycles. The van der Waals surface area contributed by atoms with Gasteiger partial charge in [0, 0.05) is 11.8 Å². The molecule has 0 spiro atoms. The number of ether oxygens (including phenoxy) is 2. The van der Waals surface area contributed by atoms with E-state index < -0.39 is 5.97 Å². The Labute approximate surface area is 112 Å². The van der Waals surface area contributed by atoms with Crippen LogP contribution in [0.3, 0.4) is 0 Å². The van der Waals surface area contributed by atoms with Crippen molar-refractivity contribution in [3.05, 3.63) is 48.3 Å². The maximum absolute atomic E-state index is 11.7. The first-order chi connectivity index (χ1) is 9.26. The van der Waals surface area contributed by atoms with Crippen LogP contribution in [0.4, 0.5) is 0 Å². The first kappa shape index (κ1) is 13.1. The first-order valence-corrected chi connectivity index (χ1v) is 6.02. The molecule has 19 heavy (non-hydrogen) atoms. The number of aromatic nitrogens is 1. The zero-order valence-corrected chi connectivity index (χ0v) is 10.9. The summed E-state index contributed by atoms with van der Waals surface area (Å²) in [6, 6.07) is 11.2. The van der Waals surface area contributed by atoms with Crippen LogP contribution in [0.25, 0.3) is 11.1 Å². The molecule has 4 nitrogen and oxygen atoms in total. The highest BCUT2D eigenvalue weighted by atomic mass is 16.5. The highest BCUT2D eigenvalue weighted by Gasteiger charge is 2.11. The minimum Gasteiger partial charge on any atom is -0.496 e. The predicted octanol–water partition coefficient (Wildman–Crippen LogP) is 2.93. The number of hydrogen-bond acceptors (Lipinski definition) is 4. The number of hydrogen-bond donors (Lipinski definition) is 0. The molecule has 0 aliphatic heterocycles. The van der Waals surface area contributed by atoms with Crippen molar-refractivity contribution in [1.82, 2.24) is 4.98 Å². The minimum absolute atomic E-state index is 0.297. The lowest BCUT2D eigenvalue weighted by molar-refractivity contribution is 0.0519. The summed E-state index contributed by atoms with van der Waals surface area (Å²) in [5.74, 6) is 0.336. The molecule has 2 rings (SSSR count). The molecule has 0 N–H and O–H groups in total. The van der Waals surface area contributed by atoms with E-state index >= 15 is 0 Å². The number of esters is 1. The summed E-state index contributed by atoms with van der Waals surface area (Å²) in [5.41, 5.74) is 2.08. The Hall–Kier alpha value is -2.36. The van der Waals surface area contributed by atoms with E-state index in [4.69, 9.17) is 9.47 Å². The third-order valence-electron chi connectivity index (χ3n) is 2.66. The number of nitrogens with zero attached hydrogens (tertiary/aromatic N) is 1.